The van der Waals surface area contributed by atoms with Gasteiger partial charge in [0.05, 0.1) is 17.8 Å². The summed E-state index contributed by atoms with van der Waals surface area (Å²) >= 11 is 5.91. The first-order valence-corrected chi connectivity index (χ1v) is 12.2. The Labute approximate surface area is 212 Å². The van der Waals surface area contributed by atoms with Crippen LogP contribution in [0.5, 0.6) is 0 Å². The minimum atomic E-state index is -0.0629. The molecule has 0 bridgehead atoms. The Morgan fingerprint density at radius 2 is 1.71 bits per heavy atom. The molecule has 0 spiro atoms. The molecule has 3 aromatic heterocycles. The fourth-order valence-electron chi connectivity index (χ4n) is 4.90. The summed E-state index contributed by atoms with van der Waals surface area (Å²) in [5.41, 5.74) is 8.12. The van der Waals surface area contributed by atoms with Crippen molar-refractivity contribution >= 4 is 28.7 Å². The fourth-order valence-corrected chi connectivity index (χ4v) is 5.25. The van der Waals surface area contributed by atoms with Gasteiger partial charge in [0, 0.05) is 62.0 Å². The van der Waals surface area contributed by atoms with Crippen LogP contribution >= 0.6 is 12.2 Å². The van der Waals surface area contributed by atoms with Crippen LogP contribution in [0.1, 0.15) is 40.3 Å². The highest BCUT2D eigenvalue weighted by Crippen LogP contribution is 2.43. The Kier molecular flexibility index (Phi) is 6.26. The van der Waals surface area contributed by atoms with Crippen molar-refractivity contribution in [1.29, 1.82) is 0 Å². The predicted molar refractivity (Wildman–Crippen MR) is 146 cm³/mol. The minimum absolute atomic E-state index is 0.0278. The second-order valence-electron chi connectivity index (χ2n) is 9.18. The van der Waals surface area contributed by atoms with Crippen LogP contribution in [0.25, 0.3) is 0 Å². The van der Waals surface area contributed by atoms with E-state index in [1.807, 2.05) is 30.7 Å². The molecule has 1 aliphatic rings. The molecule has 6 nitrogen and oxygen atoms in total. The maximum atomic E-state index is 5.91. The third-order valence-corrected chi connectivity index (χ3v) is 7.08. The first-order valence-electron chi connectivity index (χ1n) is 11.8. The van der Waals surface area contributed by atoms with Crippen LogP contribution in [0.4, 0.5) is 11.4 Å². The van der Waals surface area contributed by atoms with E-state index in [4.69, 9.17) is 17.2 Å². The van der Waals surface area contributed by atoms with Gasteiger partial charge in [0.1, 0.15) is 0 Å². The van der Waals surface area contributed by atoms with Gasteiger partial charge >= 0.3 is 0 Å². The van der Waals surface area contributed by atoms with Gasteiger partial charge in [-0.05, 0) is 91.8 Å². The molecular formula is C28H30N6S. The van der Waals surface area contributed by atoms with E-state index in [-0.39, 0.29) is 12.1 Å². The fraction of sp³-hybridized carbons (Fsp3) is 0.250. The number of hydrogen-bond donors (Lipinski definition) is 1. The lowest BCUT2D eigenvalue weighted by atomic mass is 9.96. The van der Waals surface area contributed by atoms with Gasteiger partial charge < -0.3 is 19.7 Å². The molecule has 4 aromatic rings. The topological polar surface area (TPSA) is 49.2 Å². The van der Waals surface area contributed by atoms with Gasteiger partial charge in [-0.25, -0.2) is 0 Å². The Morgan fingerprint density at radius 1 is 0.971 bits per heavy atom. The van der Waals surface area contributed by atoms with Crippen molar-refractivity contribution < 1.29 is 0 Å². The molecule has 7 heteroatoms. The SMILES string of the molecule is Cc1cc([C@H]2[C@@H](c3ccccn3)NC(=S)N2c2ccc(N(C)C)cc2)c(C)n1Cc1ccncc1. The summed E-state index contributed by atoms with van der Waals surface area (Å²) in [6, 6.07) is 21.0. The van der Waals surface area contributed by atoms with Crippen molar-refractivity contribution in [3.05, 3.63) is 107 Å². The van der Waals surface area contributed by atoms with Crippen molar-refractivity contribution in [2.45, 2.75) is 32.5 Å². The second kappa shape index (κ2) is 9.50. The summed E-state index contributed by atoms with van der Waals surface area (Å²) in [5, 5.41) is 4.29. The predicted octanol–water partition coefficient (Wildman–Crippen LogP) is 5.19. The Morgan fingerprint density at radius 3 is 2.37 bits per heavy atom. The van der Waals surface area contributed by atoms with E-state index in [9.17, 15) is 0 Å². The average molecular weight is 483 g/mol. The van der Waals surface area contributed by atoms with Crippen LogP contribution in [0.3, 0.4) is 0 Å². The number of aryl methyl sites for hydroxylation is 1. The van der Waals surface area contributed by atoms with Gasteiger partial charge in [-0.1, -0.05) is 6.07 Å². The summed E-state index contributed by atoms with van der Waals surface area (Å²) in [4.78, 5) is 13.2. The van der Waals surface area contributed by atoms with Crippen LogP contribution in [-0.2, 0) is 6.54 Å². The summed E-state index contributed by atoms with van der Waals surface area (Å²) in [6.07, 6.45) is 5.54. The molecule has 1 aliphatic heterocycles. The molecule has 0 amide bonds. The first-order chi connectivity index (χ1) is 16.9. The summed E-state index contributed by atoms with van der Waals surface area (Å²) in [7, 11) is 4.10. The zero-order valence-electron chi connectivity index (χ0n) is 20.5. The van der Waals surface area contributed by atoms with E-state index in [0.29, 0.717) is 5.11 Å². The number of nitrogens with one attached hydrogen (secondary N) is 1. The molecule has 0 saturated carbocycles. The van der Waals surface area contributed by atoms with Crippen molar-refractivity contribution in [3.63, 3.8) is 0 Å². The molecule has 0 radical (unpaired) electrons. The van der Waals surface area contributed by atoms with Crippen LogP contribution < -0.4 is 15.1 Å². The van der Waals surface area contributed by atoms with E-state index in [0.717, 1.165) is 23.6 Å². The van der Waals surface area contributed by atoms with Crippen molar-refractivity contribution in [1.82, 2.24) is 19.9 Å². The smallest absolute Gasteiger partial charge is 0.174 e. The van der Waals surface area contributed by atoms with Crippen LogP contribution in [-0.4, -0.2) is 33.7 Å². The van der Waals surface area contributed by atoms with E-state index in [1.165, 1.54) is 22.5 Å². The third kappa shape index (κ3) is 4.39. The number of hydrogen-bond acceptors (Lipinski definition) is 4. The molecule has 1 N–H and O–H groups in total. The minimum Gasteiger partial charge on any atom is -0.378 e. The lowest BCUT2D eigenvalue weighted by Crippen LogP contribution is -2.29. The zero-order valence-corrected chi connectivity index (χ0v) is 21.3. The lowest BCUT2D eigenvalue weighted by molar-refractivity contribution is 0.563. The molecule has 0 unspecified atom stereocenters. The van der Waals surface area contributed by atoms with Gasteiger partial charge in [0.2, 0.25) is 0 Å². The summed E-state index contributed by atoms with van der Waals surface area (Å²) in [6.45, 7) is 5.18. The quantitative estimate of drug-likeness (QED) is 0.382. The maximum Gasteiger partial charge on any atom is 0.174 e. The van der Waals surface area contributed by atoms with E-state index >= 15 is 0 Å². The number of anilines is 2. The van der Waals surface area contributed by atoms with Crippen LogP contribution in [0.15, 0.2) is 79.3 Å². The molecule has 178 valence electrons. The highest BCUT2D eigenvalue weighted by atomic mass is 32.1. The Hall–Kier alpha value is -3.71. The number of nitrogens with zero attached hydrogens (tertiary/aromatic N) is 5. The molecule has 1 aromatic carbocycles. The number of pyridine rings is 2. The largest absolute Gasteiger partial charge is 0.378 e. The Balaban J connectivity index is 1.60. The summed E-state index contributed by atoms with van der Waals surface area (Å²) in [5.74, 6) is 0. The normalized spacial score (nSPS) is 17.5. The van der Waals surface area contributed by atoms with Crippen molar-refractivity contribution in [3.8, 4) is 0 Å². The second-order valence-corrected chi connectivity index (χ2v) is 9.56. The van der Waals surface area contributed by atoms with Gasteiger partial charge in [-0.15, -0.1) is 0 Å². The molecule has 5 rings (SSSR count). The molecular weight excluding hydrogens is 452 g/mol. The highest BCUT2D eigenvalue weighted by Gasteiger charge is 2.42. The number of aromatic nitrogens is 3. The maximum absolute atomic E-state index is 5.91. The molecule has 35 heavy (non-hydrogen) atoms. The van der Waals surface area contributed by atoms with E-state index in [1.54, 1.807) is 0 Å². The number of rotatable bonds is 6. The third-order valence-electron chi connectivity index (χ3n) is 6.76. The standard InChI is InChI=1S/C28H30N6S/c1-19-17-24(20(2)33(19)18-21-12-15-29-16-13-21)27-26(25-7-5-6-14-30-25)31-28(35)34(27)23-10-8-22(9-11-23)32(3)4/h5-17,26-27H,18H2,1-4H3,(H,31,35)/t26-,27+/m1/s1. The van der Waals surface area contributed by atoms with Crippen LogP contribution in [0.2, 0.25) is 0 Å². The van der Waals surface area contributed by atoms with Gasteiger partial charge in [-0.3, -0.25) is 9.97 Å². The van der Waals surface area contributed by atoms with E-state index in [2.05, 4.69) is 101 Å². The monoisotopic (exact) mass is 482 g/mol. The lowest BCUT2D eigenvalue weighted by Gasteiger charge is -2.28. The number of thiocarbonyl (C=S) groups is 1. The van der Waals surface area contributed by atoms with Crippen molar-refractivity contribution in [2.24, 2.45) is 0 Å². The molecule has 2 atom stereocenters. The molecule has 1 fully saturated rings. The molecule has 1 saturated heterocycles. The van der Waals surface area contributed by atoms with Gasteiger partial charge in [-0.2, -0.15) is 0 Å². The Bertz CT molecular complexity index is 1320. The van der Waals surface area contributed by atoms with Crippen LogP contribution in [0, 0.1) is 13.8 Å². The average Bonchev–Trinajstić information content (AvgIpc) is 3.36. The zero-order chi connectivity index (χ0) is 24.5. The molecule has 0 aliphatic carbocycles. The number of benzene rings is 1. The highest BCUT2D eigenvalue weighted by molar-refractivity contribution is 7.80. The summed E-state index contributed by atoms with van der Waals surface area (Å²) < 4.78 is 2.37. The first kappa shape index (κ1) is 23.1. The van der Waals surface area contributed by atoms with Crippen molar-refractivity contribution in [2.75, 3.05) is 23.9 Å². The molecule has 4 heterocycles. The van der Waals surface area contributed by atoms with Gasteiger partial charge in [0.15, 0.2) is 5.11 Å². The van der Waals surface area contributed by atoms with E-state index < -0.39 is 0 Å². The van der Waals surface area contributed by atoms with Gasteiger partial charge in [0.25, 0.3) is 0 Å².